The molecule has 2 fully saturated rings. The Balaban J connectivity index is 1.77. The molecule has 64 heavy (non-hydrogen) atoms. The van der Waals surface area contributed by atoms with Gasteiger partial charge in [-0.1, -0.05) is 137 Å². The van der Waals surface area contributed by atoms with Crippen LogP contribution in [0.2, 0.25) is 0 Å². The van der Waals surface area contributed by atoms with Crippen LogP contribution in [0.25, 0.3) is 0 Å². The number of hydrogen-bond donors (Lipinski definition) is 9. The molecule has 0 spiro atoms. The van der Waals surface area contributed by atoms with Crippen molar-refractivity contribution in [3.63, 3.8) is 0 Å². The number of carbonyl (C=O) groups excluding carboxylic acids is 1. The molecule has 0 saturated carbocycles. The van der Waals surface area contributed by atoms with E-state index in [1.54, 1.807) is 6.08 Å². The van der Waals surface area contributed by atoms with Crippen LogP contribution in [0.1, 0.15) is 129 Å². The van der Waals surface area contributed by atoms with Crippen LogP contribution in [0.4, 0.5) is 0 Å². The van der Waals surface area contributed by atoms with Crippen LogP contribution >= 0.6 is 0 Å². The van der Waals surface area contributed by atoms with Crippen molar-refractivity contribution < 1.29 is 64.6 Å². The molecular weight excluding hydrogens is 823 g/mol. The highest BCUT2D eigenvalue weighted by atomic mass is 16.7. The maximum atomic E-state index is 13.1. The molecule has 14 heteroatoms. The van der Waals surface area contributed by atoms with Gasteiger partial charge in [-0.05, 0) is 70.6 Å². The lowest BCUT2D eigenvalue weighted by Crippen LogP contribution is -2.65. The number of hydrogen-bond acceptors (Lipinski definition) is 13. The second-order valence-corrected chi connectivity index (χ2v) is 16.5. The van der Waals surface area contributed by atoms with Gasteiger partial charge in [-0.15, -0.1) is 0 Å². The fourth-order valence-electron chi connectivity index (χ4n) is 7.16. The van der Waals surface area contributed by atoms with Crippen LogP contribution in [0, 0.1) is 0 Å². The number of ether oxygens (including phenoxy) is 4. The first-order valence-electron chi connectivity index (χ1n) is 23.8. The third kappa shape index (κ3) is 23.6. The van der Waals surface area contributed by atoms with E-state index in [-0.39, 0.29) is 18.9 Å². The van der Waals surface area contributed by atoms with Gasteiger partial charge >= 0.3 is 0 Å². The van der Waals surface area contributed by atoms with E-state index in [0.717, 1.165) is 89.9 Å². The van der Waals surface area contributed by atoms with Crippen LogP contribution in [0.3, 0.4) is 0 Å². The summed E-state index contributed by atoms with van der Waals surface area (Å²) in [5.74, 6) is -0.271. The highest BCUT2D eigenvalue weighted by Crippen LogP contribution is 2.30. The third-order valence-corrected chi connectivity index (χ3v) is 11.0. The predicted molar refractivity (Wildman–Crippen MR) is 249 cm³/mol. The van der Waals surface area contributed by atoms with Crippen molar-refractivity contribution in [2.24, 2.45) is 0 Å². The minimum absolute atomic E-state index is 0.254. The Morgan fingerprint density at radius 3 is 1.70 bits per heavy atom. The molecule has 2 heterocycles. The molecule has 9 N–H and O–H groups in total. The molecule has 1 amide bonds. The van der Waals surface area contributed by atoms with Gasteiger partial charge in [-0.3, -0.25) is 4.79 Å². The molecule has 14 nitrogen and oxygen atoms in total. The second-order valence-electron chi connectivity index (χ2n) is 16.5. The zero-order valence-electron chi connectivity index (χ0n) is 38.5. The van der Waals surface area contributed by atoms with Gasteiger partial charge in [0.05, 0.1) is 32.0 Å². The third-order valence-electron chi connectivity index (χ3n) is 11.0. The first-order chi connectivity index (χ1) is 31.1. The van der Waals surface area contributed by atoms with E-state index in [9.17, 15) is 45.6 Å². The Hall–Kier alpha value is -2.83. The molecule has 2 saturated heterocycles. The van der Waals surface area contributed by atoms with Gasteiger partial charge in [0.2, 0.25) is 5.91 Å². The smallest absolute Gasteiger partial charge is 0.220 e. The minimum atomic E-state index is -1.79. The molecule has 2 aliphatic heterocycles. The van der Waals surface area contributed by atoms with Gasteiger partial charge in [0.1, 0.15) is 48.8 Å². The monoisotopic (exact) mass is 906 g/mol. The zero-order valence-corrected chi connectivity index (χ0v) is 38.5. The molecule has 366 valence electrons. The second kappa shape index (κ2) is 36.3. The summed E-state index contributed by atoms with van der Waals surface area (Å²) in [5.41, 5.74) is 0. The number of aliphatic hydroxyl groups is 8. The molecule has 0 bridgehead atoms. The lowest BCUT2D eigenvalue weighted by molar-refractivity contribution is -0.359. The number of unbranched alkanes of at least 4 members (excludes halogenated alkanes) is 9. The molecule has 2 aliphatic rings. The largest absolute Gasteiger partial charge is 0.394 e. The maximum Gasteiger partial charge on any atom is 0.220 e. The van der Waals surface area contributed by atoms with E-state index in [1.165, 1.54) is 6.42 Å². The molecular formula is C50H83NO13. The van der Waals surface area contributed by atoms with E-state index in [0.29, 0.717) is 12.8 Å². The van der Waals surface area contributed by atoms with Gasteiger partial charge in [0, 0.05) is 6.42 Å². The van der Waals surface area contributed by atoms with Crippen molar-refractivity contribution in [3.8, 4) is 0 Å². The Morgan fingerprint density at radius 2 is 1.09 bits per heavy atom. The van der Waals surface area contributed by atoms with Crippen molar-refractivity contribution in [1.82, 2.24) is 5.32 Å². The molecule has 0 radical (unpaired) electrons. The molecule has 2 rings (SSSR count). The fraction of sp³-hybridized carbons (Fsp3) is 0.700. The summed E-state index contributed by atoms with van der Waals surface area (Å²) in [5, 5.41) is 86.2. The van der Waals surface area contributed by atoms with Crippen LogP contribution in [0.15, 0.2) is 85.1 Å². The van der Waals surface area contributed by atoms with Gasteiger partial charge in [0.15, 0.2) is 12.6 Å². The average molecular weight is 906 g/mol. The number of carbonyl (C=O) groups is 1. The summed E-state index contributed by atoms with van der Waals surface area (Å²) in [6, 6.07) is -0.939. The Kier molecular flexibility index (Phi) is 32.5. The van der Waals surface area contributed by atoms with Crippen LogP contribution in [-0.4, -0.2) is 140 Å². The van der Waals surface area contributed by atoms with Crippen molar-refractivity contribution in [2.75, 3.05) is 19.8 Å². The fourth-order valence-corrected chi connectivity index (χ4v) is 7.16. The van der Waals surface area contributed by atoms with Gasteiger partial charge < -0.3 is 65.1 Å². The molecule has 0 aromatic heterocycles. The minimum Gasteiger partial charge on any atom is -0.394 e. The van der Waals surface area contributed by atoms with Crippen molar-refractivity contribution in [2.45, 2.75) is 203 Å². The summed E-state index contributed by atoms with van der Waals surface area (Å²) in [6.45, 7) is 2.49. The standard InChI is InChI=1S/C50H83NO13/c1-3-5-7-9-11-12-13-14-15-16-17-18-19-20-21-22-23-24-25-26-28-30-32-34-42(55)51-38(39(54)33-31-29-27-10-8-6-4-2)37-61-49-47(60)45(58)48(41(36-53)63-49)64-50-46(59)44(57)43(56)40(35-52)62-50/h5,7-8,10-12,14-15,17-18,20-21,31,33,38-41,43-50,52-54,56-60H,3-4,6,9,13,16,19,22-30,32,34-37H2,1-2H3,(H,51,55)/b7-5-,10-8+,12-11-,15-14-,18-17-,21-20-,33-31+. The van der Waals surface area contributed by atoms with Gasteiger partial charge in [-0.25, -0.2) is 0 Å². The van der Waals surface area contributed by atoms with Crippen LogP contribution in [0.5, 0.6) is 0 Å². The molecule has 0 aliphatic carbocycles. The van der Waals surface area contributed by atoms with Crippen molar-refractivity contribution in [1.29, 1.82) is 0 Å². The van der Waals surface area contributed by atoms with E-state index in [4.69, 9.17) is 18.9 Å². The SMILES string of the molecule is CC/C=C\C/C=C\C/C=C\C/C=C\C/C=C\CCCCCCCCCC(=O)NC(COC1OC(CO)C(OC2OC(CO)C(O)C(O)C2O)C(O)C1O)C(O)/C=C/CC/C=C/CCC. The number of allylic oxidation sites excluding steroid dienone is 13. The highest BCUT2D eigenvalue weighted by molar-refractivity contribution is 5.76. The first-order valence-corrected chi connectivity index (χ1v) is 23.8. The van der Waals surface area contributed by atoms with E-state index in [2.05, 4.69) is 92.1 Å². The van der Waals surface area contributed by atoms with E-state index in [1.807, 2.05) is 6.08 Å². The summed E-state index contributed by atoms with van der Waals surface area (Å²) >= 11 is 0. The van der Waals surface area contributed by atoms with Crippen LogP contribution in [-0.2, 0) is 23.7 Å². The molecule has 12 atom stereocenters. The number of nitrogens with one attached hydrogen (secondary N) is 1. The summed E-state index contributed by atoms with van der Waals surface area (Å²) in [6.07, 6.45) is 29.5. The normalized spacial score (nSPS) is 28.0. The Morgan fingerprint density at radius 1 is 0.578 bits per heavy atom. The first kappa shape index (κ1) is 57.3. The Bertz CT molecular complexity index is 1400. The van der Waals surface area contributed by atoms with Crippen molar-refractivity contribution in [3.05, 3.63) is 85.1 Å². The lowest BCUT2D eigenvalue weighted by atomic mass is 9.97. The zero-order chi connectivity index (χ0) is 46.8. The summed E-state index contributed by atoms with van der Waals surface area (Å²) < 4.78 is 22.5. The predicted octanol–water partition coefficient (Wildman–Crippen LogP) is 5.43. The summed E-state index contributed by atoms with van der Waals surface area (Å²) in [4.78, 5) is 13.1. The van der Waals surface area contributed by atoms with E-state index < -0.39 is 86.8 Å². The number of aliphatic hydroxyl groups excluding tert-OH is 8. The highest BCUT2D eigenvalue weighted by Gasteiger charge is 2.50. The molecule has 12 unspecified atom stereocenters. The topological polar surface area (TPSA) is 228 Å². The van der Waals surface area contributed by atoms with Crippen molar-refractivity contribution >= 4 is 5.91 Å². The van der Waals surface area contributed by atoms with Gasteiger partial charge in [0.25, 0.3) is 0 Å². The molecule has 0 aromatic carbocycles. The maximum absolute atomic E-state index is 13.1. The molecule has 0 aromatic rings. The van der Waals surface area contributed by atoms with Gasteiger partial charge in [-0.2, -0.15) is 0 Å². The number of amides is 1. The Labute approximate surface area is 382 Å². The summed E-state index contributed by atoms with van der Waals surface area (Å²) in [7, 11) is 0. The van der Waals surface area contributed by atoms with E-state index >= 15 is 0 Å². The lowest BCUT2D eigenvalue weighted by Gasteiger charge is -2.46. The average Bonchev–Trinajstić information content (AvgIpc) is 3.29. The van der Waals surface area contributed by atoms with Crippen LogP contribution < -0.4 is 5.32 Å². The number of rotatable bonds is 34. The quantitative estimate of drug-likeness (QED) is 0.0291.